The number of β-amino-alcohol motifs (C(OH)–C–C–N with tert-alkyl or cyclic N) is 1. The van der Waals surface area contributed by atoms with E-state index in [0.717, 1.165) is 89.1 Å². The summed E-state index contributed by atoms with van der Waals surface area (Å²) in [4.78, 5) is 16.6. The van der Waals surface area contributed by atoms with E-state index in [1.807, 2.05) is 6.20 Å². The van der Waals surface area contributed by atoms with E-state index in [9.17, 15) is 0 Å². The third kappa shape index (κ3) is 4.67. The molecule has 2 saturated heterocycles. The van der Waals surface area contributed by atoms with Crippen molar-refractivity contribution in [2.75, 3.05) is 81.9 Å². The monoisotopic (exact) mass is 424 g/mol. The summed E-state index contributed by atoms with van der Waals surface area (Å²) in [6.07, 6.45) is 3.21. The molecule has 2 fully saturated rings. The number of nitrogens with one attached hydrogen (secondary N) is 1. The Balaban J connectivity index is 1.26. The van der Waals surface area contributed by atoms with Gasteiger partial charge in [-0.3, -0.25) is 4.90 Å². The van der Waals surface area contributed by atoms with Gasteiger partial charge in [-0.05, 0) is 30.7 Å². The van der Waals surface area contributed by atoms with Gasteiger partial charge in [0.25, 0.3) is 0 Å². The first-order valence-electron chi connectivity index (χ1n) is 11.4. The zero-order valence-electron chi connectivity index (χ0n) is 18.0. The number of benzene rings is 1. The average Bonchev–Trinajstić information content (AvgIpc) is 3.22. The lowest BCUT2D eigenvalue weighted by molar-refractivity contribution is 0.0335. The number of anilines is 2. The van der Waals surface area contributed by atoms with Crippen LogP contribution >= 0.6 is 0 Å². The summed E-state index contributed by atoms with van der Waals surface area (Å²) in [5.74, 6) is 1.84. The highest BCUT2D eigenvalue weighted by Crippen LogP contribution is 2.29. The Kier molecular flexibility index (Phi) is 6.31. The Labute approximate surface area is 183 Å². The predicted octanol–water partition coefficient (Wildman–Crippen LogP) is 0.609. The number of hydrogen-bond donors (Lipinski definition) is 2. The van der Waals surface area contributed by atoms with Crippen molar-refractivity contribution in [2.24, 2.45) is 0 Å². The highest BCUT2D eigenvalue weighted by Gasteiger charge is 2.26. The molecule has 1 aromatic heterocycles. The number of aliphatic hydroxyl groups excluding tert-OH is 1. The molecule has 0 radical (unpaired) electrons. The van der Waals surface area contributed by atoms with E-state index in [1.165, 1.54) is 11.3 Å². The fraction of sp³-hybridized carbons (Fsp3) is 0.565. The second-order valence-electron chi connectivity index (χ2n) is 8.53. The minimum absolute atomic E-state index is 0.218. The Hall–Kier alpha value is -2.26. The summed E-state index contributed by atoms with van der Waals surface area (Å²) < 4.78 is 5.89. The largest absolute Gasteiger partial charge is 0.395 e. The molecule has 0 spiro atoms. The Morgan fingerprint density at radius 1 is 1.10 bits per heavy atom. The number of rotatable bonds is 6. The fourth-order valence-corrected chi connectivity index (χ4v) is 4.70. The third-order valence-electron chi connectivity index (χ3n) is 6.50. The molecule has 166 valence electrons. The summed E-state index contributed by atoms with van der Waals surface area (Å²) in [6, 6.07) is 8.61. The van der Waals surface area contributed by atoms with Crippen molar-refractivity contribution in [2.45, 2.75) is 12.5 Å². The molecular formula is C23H32N6O2. The number of piperazine rings is 1. The smallest absolute Gasteiger partial charge is 0.161 e. The highest BCUT2D eigenvalue weighted by molar-refractivity contribution is 5.64. The molecule has 0 unspecified atom stereocenters. The van der Waals surface area contributed by atoms with Gasteiger partial charge in [0.2, 0.25) is 0 Å². The van der Waals surface area contributed by atoms with Crippen LogP contribution < -0.4 is 15.1 Å². The molecule has 2 aromatic rings. The lowest BCUT2D eigenvalue weighted by Crippen LogP contribution is -2.47. The Morgan fingerprint density at radius 3 is 2.68 bits per heavy atom. The number of aromatic nitrogens is 2. The maximum absolute atomic E-state index is 9.12. The van der Waals surface area contributed by atoms with Gasteiger partial charge in [0.15, 0.2) is 5.82 Å². The van der Waals surface area contributed by atoms with Gasteiger partial charge in [-0.15, -0.1) is 0 Å². The fourth-order valence-electron chi connectivity index (χ4n) is 4.70. The van der Waals surface area contributed by atoms with Gasteiger partial charge >= 0.3 is 0 Å². The molecule has 8 heteroatoms. The third-order valence-corrected chi connectivity index (χ3v) is 6.50. The zero-order chi connectivity index (χ0) is 21.0. The summed E-state index contributed by atoms with van der Waals surface area (Å²) in [5.41, 5.74) is 3.51. The first-order valence-corrected chi connectivity index (χ1v) is 11.4. The summed E-state index contributed by atoms with van der Waals surface area (Å²) in [7, 11) is 0. The topological polar surface area (TPSA) is 77.0 Å². The maximum atomic E-state index is 9.12. The number of aliphatic hydroxyl groups is 1. The van der Waals surface area contributed by atoms with E-state index in [1.54, 1.807) is 0 Å². The number of nitrogens with zero attached hydrogens (tertiary/aromatic N) is 5. The van der Waals surface area contributed by atoms with Crippen LogP contribution in [0.25, 0.3) is 11.4 Å². The van der Waals surface area contributed by atoms with Gasteiger partial charge in [0.05, 0.1) is 19.3 Å². The van der Waals surface area contributed by atoms with E-state index < -0.39 is 0 Å². The van der Waals surface area contributed by atoms with E-state index in [2.05, 4.69) is 49.3 Å². The van der Waals surface area contributed by atoms with Crippen LogP contribution in [0.1, 0.15) is 5.56 Å². The second kappa shape index (κ2) is 9.48. The molecule has 0 bridgehead atoms. The van der Waals surface area contributed by atoms with E-state index >= 15 is 0 Å². The minimum atomic E-state index is 0.218. The van der Waals surface area contributed by atoms with Gasteiger partial charge < -0.3 is 25.0 Å². The molecule has 3 aliphatic rings. The Morgan fingerprint density at radius 2 is 1.94 bits per heavy atom. The van der Waals surface area contributed by atoms with Gasteiger partial charge in [0, 0.05) is 81.9 Å². The second-order valence-corrected chi connectivity index (χ2v) is 8.53. The first-order chi connectivity index (χ1) is 15.3. The molecule has 5 rings (SSSR count). The standard InChI is InChI=1S/C23H32N6O2/c30-13-12-27-8-10-28(11-9-27)20-3-1-18(2-4-20)22-25-15-19-5-7-29(23(19)26-22)17-21-16-24-6-14-31-21/h1-4,15,21,24,30H,5-14,16-17H2/t21-/m1/s1. The lowest BCUT2D eigenvalue weighted by Gasteiger charge is -2.35. The van der Waals surface area contributed by atoms with Crippen LogP contribution in [0.2, 0.25) is 0 Å². The number of morpholine rings is 1. The van der Waals surface area contributed by atoms with Gasteiger partial charge in [-0.25, -0.2) is 9.97 Å². The van der Waals surface area contributed by atoms with Crippen LogP contribution in [0.5, 0.6) is 0 Å². The van der Waals surface area contributed by atoms with E-state index in [0.29, 0.717) is 0 Å². The number of ether oxygens (including phenoxy) is 1. The van der Waals surface area contributed by atoms with Crippen molar-refractivity contribution in [1.29, 1.82) is 0 Å². The molecule has 0 saturated carbocycles. The van der Waals surface area contributed by atoms with Gasteiger partial charge in [0.1, 0.15) is 5.82 Å². The van der Waals surface area contributed by atoms with Crippen molar-refractivity contribution >= 4 is 11.5 Å². The molecular weight excluding hydrogens is 392 g/mol. The summed E-state index contributed by atoms with van der Waals surface area (Å²) in [5, 5.41) is 12.5. The maximum Gasteiger partial charge on any atom is 0.161 e. The SMILES string of the molecule is OCCN1CCN(c2ccc(-c3ncc4c(n3)N(C[C@H]3CNCCO3)CC4)cc2)CC1. The van der Waals surface area contributed by atoms with Gasteiger partial charge in [-0.1, -0.05) is 0 Å². The average molecular weight is 425 g/mol. The molecule has 1 aromatic carbocycles. The molecule has 0 aliphatic carbocycles. The normalized spacial score (nSPS) is 22.0. The molecule has 31 heavy (non-hydrogen) atoms. The van der Waals surface area contributed by atoms with Crippen molar-refractivity contribution in [1.82, 2.24) is 20.2 Å². The molecule has 0 amide bonds. The first kappa shape index (κ1) is 20.6. The van der Waals surface area contributed by atoms with Crippen molar-refractivity contribution in [3.8, 4) is 11.4 Å². The molecule has 4 heterocycles. The van der Waals surface area contributed by atoms with Crippen molar-refractivity contribution < 1.29 is 9.84 Å². The predicted molar refractivity (Wildman–Crippen MR) is 122 cm³/mol. The molecule has 8 nitrogen and oxygen atoms in total. The van der Waals surface area contributed by atoms with Crippen LogP contribution in [0.4, 0.5) is 11.5 Å². The molecule has 3 aliphatic heterocycles. The number of hydrogen-bond acceptors (Lipinski definition) is 8. The zero-order valence-corrected chi connectivity index (χ0v) is 18.0. The van der Waals surface area contributed by atoms with E-state index in [4.69, 9.17) is 14.8 Å². The Bertz CT molecular complexity index is 863. The van der Waals surface area contributed by atoms with Crippen LogP contribution in [0.15, 0.2) is 30.5 Å². The van der Waals surface area contributed by atoms with Crippen LogP contribution in [-0.2, 0) is 11.2 Å². The highest BCUT2D eigenvalue weighted by atomic mass is 16.5. The van der Waals surface area contributed by atoms with Crippen LogP contribution in [0, 0.1) is 0 Å². The minimum Gasteiger partial charge on any atom is -0.395 e. The lowest BCUT2D eigenvalue weighted by atomic mass is 10.1. The molecule has 1 atom stereocenters. The summed E-state index contributed by atoms with van der Waals surface area (Å²) >= 11 is 0. The van der Waals surface area contributed by atoms with Crippen LogP contribution in [0.3, 0.4) is 0 Å². The quantitative estimate of drug-likeness (QED) is 0.699. The number of fused-ring (bicyclic) bond motifs is 1. The van der Waals surface area contributed by atoms with Gasteiger partial charge in [-0.2, -0.15) is 0 Å². The summed E-state index contributed by atoms with van der Waals surface area (Å²) in [6.45, 7) is 9.44. The van der Waals surface area contributed by atoms with E-state index in [-0.39, 0.29) is 12.7 Å². The van der Waals surface area contributed by atoms with Crippen LogP contribution in [-0.4, -0.2) is 98.2 Å². The van der Waals surface area contributed by atoms with Crippen molar-refractivity contribution in [3.63, 3.8) is 0 Å². The molecule has 2 N–H and O–H groups in total. The van der Waals surface area contributed by atoms with Crippen molar-refractivity contribution in [3.05, 3.63) is 36.0 Å².